The van der Waals surface area contributed by atoms with Crippen LogP contribution in [0, 0.1) is 0 Å². The number of aromatic nitrogens is 4. The van der Waals surface area contributed by atoms with E-state index in [9.17, 15) is 0 Å². The van der Waals surface area contributed by atoms with E-state index < -0.39 is 0 Å². The zero-order valence-electron chi connectivity index (χ0n) is 13.4. The molecule has 3 rings (SSSR count). The maximum absolute atomic E-state index is 4.68. The number of rotatable bonds is 5. The summed E-state index contributed by atoms with van der Waals surface area (Å²) in [5.74, 6) is 0.907. The number of anilines is 1. The Kier molecular flexibility index (Phi) is 4.83. The van der Waals surface area contributed by atoms with Crippen LogP contribution in [0.2, 0.25) is 0 Å². The van der Waals surface area contributed by atoms with E-state index in [0.29, 0.717) is 0 Å². The van der Waals surface area contributed by atoms with Crippen LogP contribution in [-0.4, -0.2) is 46.6 Å². The molecule has 0 radical (unpaired) electrons. The fraction of sp³-hybridized carbons (Fsp3) is 0.353. The largest absolute Gasteiger partial charge is 0.352 e. The van der Waals surface area contributed by atoms with Gasteiger partial charge in [-0.1, -0.05) is 29.5 Å². The second-order valence-electron chi connectivity index (χ2n) is 5.44. The Labute approximate surface area is 136 Å². The van der Waals surface area contributed by atoms with Gasteiger partial charge in [0.2, 0.25) is 0 Å². The van der Waals surface area contributed by atoms with Gasteiger partial charge in [-0.3, -0.25) is 5.10 Å². The van der Waals surface area contributed by atoms with Gasteiger partial charge < -0.3 is 10.2 Å². The van der Waals surface area contributed by atoms with Gasteiger partial charge >= 0.3 is 0 Å². The molecule has 0 aromatic carbocycles. The first-order chi connectivity index (χ1) is 11.3. The molecule has 120 valence electrons. The highest BCUT2D eigenvalue weighted by Gasteiger charge is 2.19. The zero-order chi connectivity index (χ0) is 16.1. The van der Waals surface area contributed by atoms with E-state index in [0.717, 1.165) is 60.6 Å². The van der Waals surface area contributed by atoms with E-state index in [1.165, 1.54) is 0 Å². The molecular weight excluding hydrogens is 288 g/mol. The SMILES string of the molecule is C=CC/C=C\C(=C/C)c1cnc(N2CCNCC2)c2nn[nH]c12. The van der Waals surface area contributed by atoms with Crippen LogP contribution >= 0.6 is 0 Å². The van der Waals surface area contributed by atoms with E-state index in [4.69, 9.17) is 0 Å². The lowest BCUT2D eigenvalue weighted by molar-refractivity contribution is 0.586. The first kappa shape index (κ1) is 15.4. The molecule has 0 aliphatic carbocycles. The number of allylic oxidation sites excluding steroid dienone is 5. The molecule has 1 aliphatic rings. The molecular formula is C17H22N6. The summed E-state index contributed by atoms with van der Waals surface area (Å²) in [5, 5.41) is 14.7. The van der Waals surface area contributed by atoms with Crippen molar-refractivity contribution in [3.8, 4) is 0 Å². The van der Waals surface area contributed by atoms with Crippen molar-refractivity contribution in [3.63, 3.8) is 0 Å². The van der Waals surface area contributed by atoms with Crippen molar-refractivity contribution in [3.05, 3.63) is 42.6 Å². The minimum Gasteiger partial charge on any atom is -0.352 e. The smallest absolute Gasteiger partial charge is 0.158 e. The van der Waals surface area contributed by atoms with Crippen LogP contribution in [-0.2, 0) is 0 Å². The van der Waals surface area contributed by atoms with E-state index >= 15 is 0 Å². The molecule has 0 bridgehead atoms. The molecule has 2 aromatic rings. The number of pyridine rings is 1. The average Bonchev–Trinajstić information content (AvgIpc) is 3.09. The second-order valence-corrected chi connectivity index (χ2v) is 5.44. The van der Waals surface area contributed by atoms with Gasteiger partial charge in [-0.05, 0) is 18.9 Å². The Morgan fingerprint density at radius 1 is 1.39 bits per heavy atom. The van der Waals surface area contributed by atoms with Crippen LogP contribution in [0.3, 0.4) is 0 Å². The van der Waals surface area contributed by atoms with Gasteiger partial charge in [-0.15, -0.1) is 11.7 Å². The van der Waals surface area contributed by atoms with Crippen molar-refractivity contribution in [2.75, 3.05) is 31.1 Å². The van der Waals surface area contributed by atoms with Crippen molar-refractivity contribution in [2.24, 2.45) is 0 Å². The number of nitrogens with one attached hydrogen (secondary N) is 2. The minimum absolute atomic E-state index is 0.834. The van der Waals surface area contributed by atoms with Crippen molar-refractivity contribution in [1.82, 2.24) is 25.7 Å². The molecule has 0 amide bonds. The van der Waals surface area contributed by atoms with E-state index in [1.807, 2.05) is 19.2 Å². The van der Waals surface area contributed by atoms with Gasteiger partial charge in [-0.25, -0.2) is 4.98 Å². The Hall–Kier alpha value is -2.47. The number of H-pyrrole nitrogens is 1. The number of nitrogens with zero attached hydrogens (tertiary/aromatic N) is 4. The standard InChI is InChI=1S/C17H22N6/c1-3-5-6-7-13(4-2)14-12-19-17(16-15(14)20-22-21-16)23-10-8-18-9-11-23/h3-4,6-7,12,18H,1,5,8-11H2,2H3,(H,20,21,22)/b7-6-,13-4+. The average molecular weight is 310 g/mol. The summed E-state index contributed by atoms with van der Waals surface area (Å²) in [5.41, 5.74) is 3.89. The van der Waals surface area contributed by atoms with Crippen molar-refractivity contribution in [1.29, 1.82) is 0 Å². The molecule has 1 aliphatic heterocycles. The lowest BCUT2D eigenvalue weighted by Gasteiger charge is -2.28. The molecule has 0 atom stereocenters. The molecule has 2 aromatic heterocycles. The summed E-state index contributed by atoms with van der Waals surface area (Å²) >= 11 is 0. The third kappa shape index (κ3) is 3.17. The predicted octanol–water partition coefficient (Wildman–Crippen LogP) is 2.30. The lowest BCUT2D eigenvalue weighted by atomic mass is 10.1. The molecule has 23 heavy (non-hydrogen) atoms. The van der Waals surface area contributed by atoms with E-state index in [-0.39, 0.29) is 0 Å². The number of hydrogen-bond donors (Lipinski definition) is 2. The van der Waals surface area contributed by atoms with Gasteiger partial charge in [0.05, 0.1) is 5.52 Å². The molecule has 6 nitrogen and oxygen atoms in total. The molecule has 0 saturated carbocycles. The molecule has 2 N–H and O–H groups in total. The first-order valence-electron chi connectivity index (χ1n) is 7.94. The normalized spacial score (nSPS) is 16.4. The molecule has 0 unspecified atom stereocenters. The Balaban J connectivity index is 2.00. The number of aromatic amines is 1. The van der Waals surface area contributed by atoms with E-state index in [1.54, 1.807) is 0 Å². The van der Waals surface area contributed by atoms with Gasteiger partial charge in [0, 0.05) is 37.9 Å². The highest BCUT2D eigenvalue weighted by atomic mass is 15.3. The van der Waals surface area contributed by atoms with Crippen molar-refractivity contribution in [2.45, 2.75) is 13.3 Å². The summed E-state index contributed by atoms with van der Waals surface area (Å²) in [4.78, 5) is 6.94. The Morgan fingerprint density at radius 2 is 2.22 bits per heavy atom. The fourth-order valence-electron chi connectivity index (χ4n) is 2.78. The summed E-state index contributed by atoms with van der Waals surface area (Å²) in [6.07, 6.45) is 10.9. The van der Waals surface area contributed by atoms with Gasteiger partial charge in [0.1, 0.15) is 0 Å². The van der Waals surface area contributed by atoms with Gasteiger partial charge in [0.15, 0.2) is 11.3 Å². The summed E-state index contributed by atoms with van der Waals surface area (Å²) < 4.78 is 0. The van der Waals surface area contributed by atoms with E-state index in [2.05, 4.69) is 55.4 Å². The maximum atomic E-state index is 4.68. The highest BCUT2D eigenvalue weighted by Crippen LogP contribution is 2.28. The maximum Gasteiger partial charge on any atom is 0.158 e. The van der Waals surface area contributed by atoms with Crippen LogP contribution in [0.5, 0.6) is 0 Å². The van der Waals surface area contributed by atoms with Crippen molar-refractivity contribution >= 4 is 22.4 Å². The fourth-order valence-corrected chi connectivity index (χ4v) is 2.78. The van der Waals surface area contributed by atoms with Gasteiger partial charge in [-0.2, -0.15) is 0 Å². The number of piperazine rings is 1. The van der Waals surface area contributed by atoms with Crippen molar-refractivity contribution < 1.29 is 0 Å². The minimum atomic E-state index is 0.834. The zero-order valence-corrected chi connectivity index (χ0v) is 13.4. The molecule has 6 heteroatoms. The Bertz CT molecular complexity index is 737. The van der Waals surface area contributed by atoms with Crippen LogP contribution in [0.4, 0.5) is 5.82 Å². The molecule has 3 heterocycles. The topological polar surface area (TPSA) is 69.7 Å². The molecule has 1 fully saturated rings. The second kappa shape index (κ2) is 7.19. The summed E-state index contributed by atoms with van der Waals surface area (Å²) in [6.45, 7) is 9.56. The molecule has 0 spiro atoms. The Morgan fingerprint density at radius 3 is 2.96 bits per heavy atom. The van der Waals surface area contributed by atoms with Crippen LogP contribution in [0.15, 0.2) is 37.1 Å². The third-order valence-electron chi connectivity index (χ3n) is 3.98. The first-order valence-corrected chi connectivity index (χ1v) is 7.94. The number of hydrogen-bond acceptors (Lipinski definition) is 5. The third-order valence-corrected chi connectivity index (χ3v) is 3.98. The monoisotopic (exact) mass is 310 g/mol. The van der Waals surface area contributed by atoms with Crippen LogP contribution in [0.1, 0.15) is 18.9 Å². The predicted molar refractivity (Wildman–Crippen MR) is 94.4 cm³/mol. The quantitative estimate of drug-likeness (QED) is 0.655. The number of fused-ring (bicyclic) bond motifs is 1. The van der Waals surface area contributed by atoms with Crippen LogP contribution < -0.4 is 10.2 Å². The highest BCUT2D eigenvalue weighted by molar-refractivity contribution is 5.96. The van der Waals surface area contributed by atoms with Crippen LogP contribution in [0.25, 0.3) is 16.6 Å². The summed E-state index contributed by atoms with van der Waals surface area (Å²) in [6, 6.07) is 0. The lowest BCUT2D eigenvalue weighted by Crippen LogP contribution is -2.44. The molecule has 1 saturated heterocycles. The summed E-state index contributed by atoms with van der Waals surface area (Å²) in [7, 11) is 0. The van der Waals surface area contributed by atoms with Gasteiger partial charge in [0.25, 0.3) is 0 Å².